The zero-order valence-corrected chi connectivity index (χ0v) is 11.7. The van der Waals surface area contributed by atoms with Gasteiger partial charge in [-0.25, -0.2) is 0 Å². The summed E-state index contributed by atoms with van der Waals surface area (Å²) < 4.78 is 0. The van der Waals surface area contributed by atoms with Crippen LogP contribution in [0.25, 0.3) is 0 Å². The number of aliphatic hydroxyl groups is 1. The van der Waals surface area contributed by atoms with Crippen molar-refractivity contribution in [3.63, 3.8) is 0 Å². The summed E-state index contributed by atoms with van der Waals surface area (Å²) in [6.45, 7) is 6.95. The second kappa shape index (κ2) is 7.03. The van der Waals surface area contributed by atoms with Gasteiger partial charge in [0.15, 0.2) is 0 Å². The van der Waals surface area contributed by atoms with Crippen molar-refractivity contribution >= 4 is 11.6 Å². The molecule has 0 aliphatic rings. The molecule has 0 aromatic heterocycles. The molecular weight excluding hydrogens is 232 g/mol. The van der Waals surface area contributed by atoms with Crippen LogP contribution < -0.4 is 0 Å². The number of rotatable bonds is 6. The quantitative estimate of drug-likeness (QED) is 0.808. The molecule has 2 atom stereocenters. The predicted octanol–water partition coefficient (Wildman–Crippen LogP) is 4.17. The number of halogens is 1. The van der Waals surface area contributed by atoms with Crippen LogP contribution in [0, 0.1) is 17.8 Å². The van der Waals surface area contributed by atoms with Gasteiger partial charge in [0.25, 0.3) is 0 Å². The van der Waals surface area contributed by atoms with Crippen LogP contribution in [0.3, 0.4) is 0 Å². The van der Waals surface area contributed by atoms with Crippen molar-refractivity contribution in [1.82, 2.24) is 0 Å². The van der Waals surface area contributed by atoms with Crippen LogP contribution in [-0.4, -0.2) is 11.7 Å². The van der Waals surface area contributed by atoms with Gasteiger partial charge in [-0.1, -0.05) is 44.5 Å². The molecule has 0 saturated heterocycles. The van der Waals surface area contributed by atoms with E-state index in [9.17, 15) is 5.11 Å². The molecule has 96 valence electrons. The van der Waals surface area contributed by atoms with Crippen LogP contribution in [0.5, 0.6) is 0 Å². The third-order valence-electron chi connectivity index (χ3n) is 3.29. The maximum absolute atomic E-state index is 9.50. The van der Waals surface area contributed by atoms with Gasteiger partial charge in [0.05, 0.1) is 0 Å². The highest BCUT2D eigenvalue weighted by Gasteiger charge is 2.18. The molecule has 0 spiro atoms. The smallest absolute Gasteiger partial charge is 0.0465 e. The number of aliphatic hydroxyl groups excluding tert-OH is 1. The maximum atomic E-state index is 9.50. The van der Waals surface area contributed by atoms with Gasteiger partial charge >= 0.3 is 0 Å². The molecule has 0 fully saturated rings. The Hall–Kier alpha value is -0.530. The third kappa shape index (κ3) is 5.10. The Bertz CT molecular complexity index is 318. The normalized spacial score (nSPS) is 14.9. The largest absolute Gasteiger partial charge is 0.396 e. The summed E-state index contributed by atoms with van der Waals surface area (Å²) >= 11 is 5.86. The Balaban J connectivity index is 2.59. The number of benzene rings is 1. The van der Waals surface area contributed by atoms with E-state index in [1.165, 1.54) is 12.0 Å². The minimum atomic E-state index is 0.260. The maximum Gasteiger partial charge on any atom is 0.0465 e. The molecule has 2 unspecified atom stereocenters. The van der Waals surface area contributed by atoms with Crippen molar-refractivity contribution in [3.8, 4) is 0 Å². The van der Waals surface area contributed by atoms with E-state index in [0.717, 1.165) is 11.4 Å². The molecule has 1 N–H and O–H groups in total. The Kier molecular flexibility index (Phi) is 6.01. The molecule has 2 heteroatoms. The molecule has 0 amide bonds. The summed E-state index contributed by atoms with van der Waals surface area (Å²) in [5.74, 6) is 1.58. The van der Waals surface area contributed by atoms with E-state index in [2.05, 4.69) is 20.8 Å². The first kappa shape index (κ1) is 14.5. The minimum absolute atomic E-state index is 0.260. The Morgan fingerprint density at radius 3 is 2.18 bits per heavy atom. The molecule has 1 nitrogen and oxygen atoms in total. The molecule has 0 aliphatic carbocycles. The van der Waals surface area contributed by atoms with E-state index in [4.69, 9.17) is 11.6 Å². The van der Waals surface area contributed by atoms with E-state index in [-0.39, 0.29) is 6.61 Å². The van der Waals surface area contributed by atoms with Gasteiger partial charge in [-0.05, 0) is 48.3 Å². The van der Waals surface area contributed by atoms with E-state index in [1.54, 1.807) is 0 Å². The summed E-state index contributed by atoms with van der Waals surface area (Å²) in [5.41, 5.74) is 1.25. The van der Waals surface area contributed by atoms with Crippen LogP contribution >= 0.6 is 11.6 Å². The molecule has 1 aromatic carbocycles. The molecule has 17 heavy (non-hydrogen) atoms. The molecule has 0 saturated carbocycles. The fourth-order valence-corrected chi connectivity index (χ4v) is 2.43. The first-order valence-corrected chi connectivity index (χ1v) is 6.76. The predicted molar refractivity (Wildman–Crippen MR) is 74.4 cm³/mol. The van der Waals surface area contributed by atoms with Crippen LogP contribution in [0.4, 0.5) is 0 Å². The van der Waals surface area contributed by atoms with Crippen molar-refractivity contribution in [2.24, 2.45) is 17.8 Å². The average Bonchev–Trinajstić information content (AvgIpc) is 2.27. The molecular formula is C15H23ClO. The van der Waals surface area contributed by atoms with Gasteiger partial charge in [0.2, 0.25) is 0 Å². The highest BCUT2D eigenvalue weighted by molar-refractivity contribution is 6.30. The summed E-state index contributed by atoms with van der Waals surface area (Å²) in [4.78, 5) is 0. The second-order valence-corrected chi connectivity index (χ2v) is 5.82. The lowest BCUT2D eigenvalue weighted by atomic mass is 9.83. The molecule has 0 bridgehead atoms. The van der Waals surface area contributed by atoms with Crippen molar-refractivity contribution in [2.45, 2.75) is 33.6 Å². The summed E-state index contributed by atoms with van der Waals surface area (Å²) in [7, 11) is 0. The fraction of sp³-hybridized carbons (Fsp3) is 0.600. The van der Waals surface area contributed by atoms with Crippen LogP contribution in [-0.2, 0) is 6.42 Å². The fourth-order valence-electron chi connectivity index (χ4n) is 2.30. The van der Waals surface area contributed by atoms with Crippen LogP contribution in [0.15, 0.2) is 24.3 Å². The SMILES string of the molecule is CC(C)CC(C)C(CO)Cc1ccc(Cl)cc1. The monoisotopic (exact) mass is 254 g/mol. The van der Waals surface area contributed by atoms with Crippen molar-refractivity contribution in [2.75, 3.05) is 6.61 Å². The Morgan fingerprint density at radius 2 is 1.71 bits per heavy atom. The van der Waals surface area contributed by atoms with Gasteiger partial charge in [0, 0.05) is 11.6 Å². The molecule has 0 aliphatic heterocycles. The lowest BCUT2D eigenvalue weighted by Gasteiger charge is -2.23. The topological polar surface area (TPSA) is 20.2 Å². The first-order valence-electron chi connectivity index (χ1n) is 6.38. The standard InChI is InChI=1S/C15H23ClO/c1-11(2)8-12(3)14(10-17)9-13-4-6-15(16)7-5-13/h4-7,11-12,14,17H,8-10H2,1-3H3. The summed E-state index contributed by atoms with van der Waals surface area (Å²) in [5, 5.41) is 10.3. The summed E-state index contributed by atoms with van der Waals surface area (Å²) in [6, 6.07) is 7.93. The third-order valence-corrected chi connectivity index (χ3v) is 3.55. The van der Waals surface area contributed by atoms with E-state index >= 15 is 0 Å². The molecule has 1 aromatic rings. The van der Waals surface area contributed by atoms with Crippen LogP contribution in [0.1, 0.15) is 32.8 Å². The summed E-state index contributed by atoms with van der Waals surface area (Å²) in [6.07, 6.45) is 2.10. The highest BCUT2D eigenvalue weighted by Crippen LogP contribution is 2.24. The van der Waals surface area contributed by atoms with Gasteiger partial charge in [-0.2, -0.15) is 0 Å². The average molecular weight is 255 g/mol. The van der Waals surface area contributed by atoms with Crippen LogP contribution in [0.2, 0.25) is 5.02 Å². The van der Waals surface area contributed by atoms with Gasteiger partial charge in [-0.3, -0.25) is 0 Å². The zero-order valence-electron chi connectivity index (χ0n) is 11.0. The van der Waals surface area contributed by atoms with Gasteiger partial charge in [0.1, 0.15) is 0 Å². The van der Waals surface area contributed by atoms with Crippen molar-refractivity contribution < 1.29 is 5.11 Å². The van der Waals surface area contributed by atoms with Crippen molar-refractivity contribution in [3.05, 3.63) is 34.9 Å². The lowest BCUT2D eigenvalue weighted by Crippen LogP contribution is -2.20. The second-order valence-electron chi connectivity index (χ2n) is 5.38. The highest BCUT2D eigenvalue weighted by atomic mass is 35.5. The van der Waals surface area contributed by atoms with E-state index < -0.39 is 0 Å². The Labute approximate surface area is 110 Å². The van der Waals surface area contributed by atoms with E-state index in [0.29, 0.717) is 17.8 Å². The van der Waals surface area contributed by atoms with Crippen molar-refractivity contribution in [1.29, 1.82) is 0 Å². The molecule has 0 heterocycles. The molecule has 0 radical (unpaired) electrons. The van der Waals surface area contributed by atoms with Gasteiger partial charge in [-0.15, -0.1) is 0 Å². The van der Waals surface area contributed by atoms with E-state index in [1.807, 2.05) is 24.3 Å². The molecule has 1 rings (SSSR count). The minimum Gasteiger partial charge on any atom is -0.396 e. The number of hydrogen-bond acceptors (Lipinski definition) is 1. The van der Waals surface area contributed by atoms with Gasteiger partial charge < -0.3 is 5.11 Å². The zero-order chi connectivity index (χ0) is 12.8. The first-order chi connectivity index (χ1) is 8.02. The lowest BCUT2D eigenvalue weighted by molar-refractivity contribution is 0.168. The Morgan fingerprint density at radius 1 is 1.12 bits per heavy atom. The number of hydrogen-bond donors (Lipinski definition) is 1.